The van der Waals surface area contributed by atoms with Crippen molar-refractivity contribution >= 4 is 23.6 Å². The summed E-state index contributed by atoms with van der Waals surface area (Å²) in [6, 6.07) is 12.9. The first-order valence-electron chi connectivity index (χ1n) is 10.5. The molecular formula is C23H25ClN6O3. The minimum atomic E-state index is -0.0181. The van der Waals surface area contributed by atoms with Gasteiger partial charge < -0.3 is 14.4 Å². The first-order valence-corrected chi connectivity index (χ1v) is 10.9. The molecule has 1 aliphatic heterocycles. The van der Waals surface area contributed by atoms with E-state index in [2.05, 4.69) is 20.4 Å². The summed E-state index contributed by atoms with van der Waals surface area (Å²) in [7, 11) is 3.18. The molecule has 3 aromatic rings. The number of tetrazole rings is 1. The molecule has 2 heterocycles. The average molecular weight is 469 g/mol. The Morgan fingerprint density at radius 2 is 1.76 bits per heavy atom. The predicted molar refractivity (Wildman–Crippen MR) is 125 cm³/mol. The lowest BCUT2D eigenvalue weighted by atomic mass is 10.2. The van der Waals surface area contributed by atoms with Gasteiger partial charge in [-0.2, -0.15) is 4.68 Å². The van der Waals surface area contributed by atoms with Gasteiger partial charge in [-0.25, -0.2) is 0 Å². The van der Waals surface area contributed by atoms with Crippen LogP contribution in [0.5, 0.6) is 11.5 Å². The van der Waals surface area contributed by atoms with E-state index >= 15 is 0 Å². The zero-order valence-electron chi connectivity index (χ0n) is 18.5. The van der Waals surface area contributed by atoms with Crippen molar-refractivity contribution in [2.24, 2.45) is 0 Å². The molecule has 10 heteroatoms. The molecule has 9 nitrogen and oxygen atoms in total. The molecule has 4 rings (SSSR count). The van der Waals surface area contributed by atoms with Crippen molar-refractivity contribution in [1.82, 2.24) is 30.0 Å². The number of benzene rings is 2. The molecule has 0 atom stereocenters. The van der Waals surface area contributed by atoms with Crippen LogP contribution in [0.2, 0.25) is 5.02 Å². The zero-order valence-corrected chi connectivity index (χ0v) is 19.3. The second-order valence-corrected chi connectivity index (χ2v) is 7.97. The molecule has 0 unspecified atom stereocenters. The predicted octanol–water partition coefficient (Wildman–Crippen LogP) is 2.69. The van der Waals surface area contributed by atoms with E-state index < -0.39 is 0 Å². The molecule has 1 fully saturated rings. The molecule has 1 aromatic heterocycles. The van der Waals surface area contributed by atoms with Crippen molar-refractivity contribution in [1.29, 1.82) is 0 Å². The van der Waals surface area contributed by atoms with Crippen molar-refractivity contribution in [3.05, 3.63) is 65.0 Å². The number of halogens is 1. The summed E-state index contributed by atoms with van der Waals surface area (Å²) >= 11 is 5.97. The third kappa shape index (κ3) is 5.50. The van der Waals surface area contributed by atoms with Gasteiger partial charge in [-0.1, -0.05) is 17.7 Å². The van der Waals surface area contributed by atoms with Crippen molar-refractivity contribution in [2.75, 3.05) is 40.4 Å². The second-order valence-electron chi connectivity index (χ2n) is 7.53. The van der Waals surface area contributed by atoms with Gasteiger partial charge in [0.1, 0.15) is 0 Å². The Morgan fingerprint density at radius 1 is 1.03 bits per heavy atom. The number of carbonyl (C=O) groups is 1. The maximum Gasteiger partial charge on any atom is 0.246 e. The minimum absolute atomic E-state index is 0.0181. The average Bonchev–Trinajstić information content (AvgIpc) is 3.31. The van der Waals surface area contributed by atoms with Crippen LogP contribution in [-0.4, -0.2) is 76.3 Å². The summed E-state index contributed by atoms with van der Waals surface area (Å²) < 4.78 is 12.3. The molecule has 0 saturated carbocycles. The third-order valence-corrected chi connectivity index (χ3v) is 5.73. The number of carbonyl (C=O) groups excluding carboxylic acids is 1. The van der Waals surface area contributed by atoms with Crippen molar-refractivity contribution in [3.63, 3.8) is 0 Å². The maximum atomic E-state index is 12.7. The molecule has 1 aliphatic rings. The number of hydrogen-bond donors (Lipinski definition) is 0. The van der Waals surface area contributed by atoms with Crippen LogP contribution in [0.4, 0.5) is 0 Å². The summed E-state index contributed by atoms with van der Waals surface area (Å²) in [4.78, 5) is 16.7. The molecule has 0 aliphatic carbocycles. The molecule has 1 amide bonds. The molecule has 0 spiro atoms. The third-order valence-electron chi connectivity index (χ3n) is 5.48. The van der Waals surface area contributed by atoms with Crippen molar-refractivity contribution in [3.8, 4) is 17.2 Å². The molecule has 0 N–H and O–H groups in total. The molecule has 2 aromatic carbocycles. The first-order chi connectivity index (χ1) is 16.1. The first kappa shape index (κ1) is 22.8. The molecule has 33 heavy (non-hydrogen) atoms. The Labute approximate surface area is 197 Å². The quantitative estimate of drug-likeness (QED) is 0.493. The Bertz CT molecular complexity index is 1120. The van der Waals surface area contributed by atoms with Gasteiger partial charge in [0.05, 0.1) is 26.5 Å². The highest BCUT2D eigenvalue weighted by Crippen LogP contribution is 2.28. The number of aromatic nitrogens is 4. The molecule has 0 bridgehead atoms. The van der Waals surface area contributed by atoms with E-state index in [9.17, 15) is 4.79 Å². The Hall–Kier alpha value is -3.43. The van der Waals surface area contributed by atoms with Crippen LogP contribution in [0, 0.1) is 0 Å². The van der Waals surface area contributed by atoms with E-state index in [0.717, 1.165) is 30.2 Å². The fraction of sp³-hybridized carbons (Fsp3) is 0.304. The number of nitrogens with zero attached hydrogens (tertiary/aromatic N) is 6. The van der Waals surface area contributed by atoms with Crippen LogP contribution in [0.3, 0.4) is 0 Å². The maximum absolute atomic E-state index is 12.7. The number of hydrogen-bond acceptors (Lipinski definition) is 7. The topological polar surface area (TPSA) is 85.6 Å². The van der Waals surface area contributed by atoms with Gasteiger partial charge in [0, 0.05) is 37.3 Å². The Morgan fingerprint density at radius 3 is 2.45 bits per heavy atom. The summed E-state index contributed by atoms with van der Waals surface area (Å²) in [6.07, 6.45) is 3.38. The highest BCUT2D eigenvalue weighted by atomic mass is 35.5. The minimum Gasteiger partial charge on any atom is -0.493 e. The van der Waals surface area contributed by atoms with Gasteiger partial charge >= 0.3 is 0 Å². The molecule has 172 valence electrons. The van der Waals surface area contributed by atoms with Crippen LogP contribution in [-0.2, 0) is 11.3 Å². The number of rotatable bonds is 7. The second kappa shape index (κ2) is 10.5. The lowest BCUT2D eigenvalue weighted by Crippen LogP contribution is -2.48. The lowest BCUT2D eigenvalue weighted by molar-refractivity contribution is -0.127. The number of ether oxygens (including phenoxy) is 2. The zero-order chi connectivity index (χ0) is 23.2. The van der Waals surface area contributed by atoms with Crippen molar-refractivity contribution < 1.29 is 14.3 Å². The summed E-state index contributed by atoms with van der Waals surface area (Å²) in [6.45, 7) is 3.35. The standard InChI is InChI=1S/C23H25ClN6O3/c1-32-20-9-3-17(15-21(20)33-2)4-10-23(31)29-13-11-28(12-14-29)16-22-25-26-27-30(22)19-7-5-18(24)6-8-19/h3-10,15H,11-14,16H2,1-2H3/b10-4-. The van der Waals surface area contributed by atoms with E-state index in [1.807, 2.05) is 47.4 Å². The summed E-state index contributed by atoms with van der Waals surface area (Å²) in [5, 5.41) is 12.7. The van der Waals surface area contributed by atoms with Gasteiger partial charge in [-0.05, 0) is 58.5 Å². The van der Waals surface area contributed by atoms with Gasteiger partial charge in [0.15, 0.2) is 17.3 Å². The summed E-state index contributed by atoms with van der Waals surface area (Å²) in [5.41, 5.74) is 1.72. The molecular weight excluding hydrogens is 444 g/mol. The molecule has 1 saturated heterocycles. The van der Waals surface area contributed by atoms with E-state index in [0.29, 0.717) is 36.2 Å². The van der Waals surface area contributed by atoms with Crippen LogP contribution in [0.15, 0.2) is 48.5 Å². The normalized spacial score (nSPS) is 14.6. The SMILES string of the molecule is COc1ccc(/C=C\C(=O)N2CCN(Cc3nnnn3-c3ccc(Cl)cc3)CC2)cc1OC. The van der Waals surface area contributed by atoms with Crippen LogP contribution >= 0.6 is 11.6 Å². The fourth-order valence-electron chi connectivity index (χ4n) is 3.64. The van der Waals surface area contributed by atoms with Gasteiger partial charge in [-0.3, -0.25) is 9.69 Å². The summed E-state index contributed by atoms with van der Waals surface area (Å²) in [5.74, 6) is 2.00. The van der Waals surface area contributed by atoms with Gasteiger partial charge in [0.2, 0.25) is 5.91 Å². The lowest BCUT2D eigenvalue weighted by Gasteiger charge is -2.33. The van der Waals surface area contributed by atoms with E-state index in [-0.39, 0.29) is 5.91 Å². The highest BCUT2D eigenvalue weighted by Gasteiger charge is 2.21. The van der Waals surface area contributed by atoms with E-state index in [1.165, 1.54) is 0 Å². The Kier molecular flexibility index (Phi) is 7.21. The fourth-order valence-corrected chi connectivity index (χ4v) is 3.77. The van der Waals surface area contributed by atoms with E-state index in [4.69, 9.17) is 21.1 Å². The van der Waals surface area contributed by atoms with Crippen molar-refractivity contribution in [2.45, 2.75) is 6.54 Å². The monoisotopic (exact) mass is 468 g/mol. The largest absolute Gasteiger partial charge is 0.493 e. The Balaban J connectivity index is 1.32. The highest BCUT2D eigenvalue weighted by molar-refractivity contribution is 6.30. The van der Waals surface area contributed by atoms with E-state index in [1.54, 1.807) is 31.1 Å². The van der Waals surface area contributed by atoms with Crippen LogP contribution in [0.25, 0.3) is 11.8 Å². The van der Waals surface area contributed by atoms with Crippen LogP contribution in [0.1, 0.15) is 11.4 Å². The smallest absolute Gasteiger partial charge is 0.246 e. The van der Waals surface area contributed by atoms with Gasteiger partial charge in [-0.15, -0.1) is 5.10 Å². The van der Waals surface area contributed by atoms with Crippen LogP contribution < -0.4 is 9.47 Å². The number of amides is 1. The van der Waals surface area contributed by atoms with Gasteiger partial charge in [0.25, 0.3) is 0 Å². The molecule has 0 radical (unpaired) electrons. The number of methoxy groups -OCH3 is 2. The number of piperazine rings is 1.